The summed E-state index contributed by atoms with van der Waals surface area (Å²) < 4.78 is 6.94. The number of methoxy groups -OCH3 is 1. The maximum atomic E-state index is 5.76. The SMILES string of the molecule is CCCNC(c1c(C)c(Br)cc(C)c1OC)C(C)C1CC1. The first-order valence-corrected chi connectivity index (χ1v) is 8.87. The van der Waals surface area contributed by atoms with Crippen molar-refractivity contribution in [2.75, 3.05) is 13.7 Å². The molecule has 1 saturated carbocycles. The van der Waals surface area contributed by atoms with Gasteiger partial charge in [-0.3, -0.25) is 0 Å². The van der Waals surface area contributed by atoms with Crippen molar-refractivity contribution in [1.82, 2.24) is 5.32 Å². The second-order valence-corrected chi connectivity index (χ2v) is 7.23. The third kappa shape index (κ3) is 3.62. The Hall–Kier alpha value is -0.540. The van der Waals surface area contributed by atoms with Crippen molar-refractivity contribution in [1.29, 1.82) is 0 Å². The molecule has 2 rings (SSSR count). The summed E-state index contributed by atoms with van der Waals surface area (Å²) in [7, 11) is 1.79. The van der Waals surface area contributed by atoms with E-state index in [4.69, 9.17) is 4.74 Å². The Morgan fingerprint density at radius 3 is 2.57 bits per heavy atom. The molecule has 0 heterocycles. The van der Waals surface area contributed by atoms with Crippen molar-refractivity contribution in [2.45, 2.75) is 53.0 Å². The molecule has 0 saturated heterocycles. The summed E-state index contributed by atoms with van der Waals surface area (Å²) in [6, 6.07) is 2.54. The Morgan fingerprint density at radius 2 is 2.05 bits per heavy atom. The predicted octanol–water partition coefficient (Wildman–Crippen LogP) is 5.16. The van der Waals surface area contributed by atoms with Gasteiger partial charge in [0.15, 0.2) is 0 Å². The van der Waals surface area contributed by atoms with Gasteiger partial charge >= 0.3 is 0 Å². The second kappa shape index (κ2) is 7.15. The molecule has 1 aliphatic carbocycles. The van der Waals surface area contributed by atoms with Crippen molar-refractivity contribution >= 4 is 15.9 Å². The van der Waals surface area contributed by atoms with Crippen LogP contribution >= 0.6 is 15.9 Å². The molecule has 3 heteroatoms. The summed E-state index contributed by atoms with van der Waals surface area (Å²) in [5.74, 6) is 2.57. The van der Waals surface area contributed by atoms with Crippen molar-refractivity contribution in [3.05, 3.63) is 27.2 Å². The lowest BCUT2D eigenvalue weighted by Crippen LogP contribution is -2.30. The number of ether oxygens (including phenoxy) is 1. The van der Waals surface area contributed by atoms with Gasteiger partial charge in [0.05, 0.1) is 7.11 Å². The minimum absolute atomic E-state index is 0.378. The van der Waals surface area contributed by atoms with E-state index in [0.29, 0.717) is 12.0 Å². The van der Waals surface area contributed by atoms with E-state index in [0.717, 1.165) is 24.6 Å². The Kier molecular flexibility index (Phi) is 5.73. The van der Waals surface area contributed by atoms with Gasteiger partial charge in [0.25, 0.3) is 0 Å². The standard InChI is InChI=1S/C18H28BrNO/c1-6-9-20-17(12(3)14-7-8-14)16-13(4)15(19)10-11(2)18(16)21-5/h10,12,14,17,20H,6-9H2,1-5H3. The van der Waals surface area contributed by atoms with E-state index in [-0.39, 0.29) is 0 Å². The van der Waals surface area contributed by atoms with Crippen LogP contribution in [0, 0.1) is 25.7 Å². The summed E-state index contributed by atoms with van der Waals surface area (Å²) in [5.41, 5.74) is 3.85. The van der Waals surface area contributed by atoms with E-state index < -0.39 is 0 Å². The van der Waals surface area contributed by atoms with Crippen molar-refractivity contribution in [3.63, 3.8) is 0 Å². The van der Waals surface area contributed by atoms with Crippen LogP contribution in [0.1, 0.15) is 55.8 Å². The average molecular weight is 354 g/mol. The van der Waals surface area contributed by atoms with E-state index >= 15 is 0 Å². The molecule has 2 nitrogen and oxygen atoms in total. The van der Waals surface area contributed by atoms with Crippen LogP contribution in [0.5, 0.6) is 5.75 Å². The summed E-state index contributed by atoms with van der Waals surface area (Å²) in [6.07, 6.45) is 3.90. The maximum absolute atomic E-state index is 5.76. The number of halogens is 1. The van der Waals surface area contributed by atoms with Crippen LogP contribution < -0.4 is 10.1 Å². The zero-order valence-electron chi connectivity index (χ0n) is 13.9. The molecular formula is C18H28BrNO. The lowest BCUT2D eigenvalue weighted by Gasteiger charge is -2.30. The van der Waals surface area contributed by atoms with Gasteiger partial charge in [-0.25, -0.2) is 0 Å². The fraction of sp³-hybridized carbons (Fsp3) is 0.667. The Balaban J connectivity index is 2.46. The summed E-state index contributed by atoms with van der Waals surface area (Å²) in [4.78, 5) is 0. The van der Waals surface area contributed by atoms with Crippen LogP contribution in [-0.4, -0.2) is 13.7 Å². The number of aryl methyl sites for hydroxylation is 1. The molecule has 1 fully saturated rings. The maximum Gasteiger partial charge on any atom is 0.126 e. The highest BCUT2D eigenvalue weighted by Gasteiger charge is 2.36. The largest absolute Gasteiger partial charge is 0.496 e. The lowest BCUT2D eigenvalue weighted by atomic mass is 9.86. The molecule has 0 amide bonds. The normalized spacial score (nSPS) is 17.6. The monoisotopic (exact) mass is 353 g/mol. The Bertz CT molecular complexity index is 496. The Labute approximate surface area is 137 Å². The molecule has 1 aromatic carbocycles. The van der Waals surface area contributed by atoms with Crippen molar-refractivity contribution in [2.24, 2.45) is 11.8 Å². The third-order valence-corrected chi connectivity index (χ3v) is 5.55. The smallest absolute Gasteiger partial charge is 0.126 e. The van der Waals surface area contributed by atoms with Gasteiger partial charge in [-0.05, 0) is 68.7 Å². The molecule has 0 bridgehead atoms. The number of hydrogen-bond donors (Lipinski definition) is 1. The zero-order valence-corrected chi connectivity index (χ0v) is 15.5. The highest BCUT2D eigenvalue weighted by atomic mass is 79.9. The Morgan fingerprint density at radius 1 is 1.38 bits per heavy atom. The third-order valence-electron chi connectivity index (χ3n) is 4.73. The molecule has 2 unspecified atom stereocenters. The van der Waals surface area contributed by atoms with Crippen LogP contribution in [0.4, 0.5) is 0 Å². The molecule has 1 N–H and O–H groups in total. The van der Waals surface area contributed by atoms with E-state index in [2.05, 4.69) is 55.0 Å². The average Bonchev–Trinajstić information content (AvgIpc) is 3.28. The van der Waals surface area contributed by atoms with Gasteiger partial charge in [-0.15, -0.1) is 0 Å². The molecule has 118 valence electrons. The lowest BCUT2D eigenvalue weighted by molar-refractivity contribution is 0.330. The first kappa shape index (κ1) is 16.8. The molecule has 1 aliphatic rings. The van der Waals surface area contributed by atoms with Crippen LogP contribution in [0.2, 0.25) is 0 Å². The fourth-order valence-corrected chi connectivity index (χ4v) is 3.82. The van der Waals surface area contributed by atoms with E-state index in [1.807, 2.05) is 0 Å². The molecule has 0 spiro atoms. The first-order valence-electron chi connectivity index (χ1n) is 8.08. The van der Waals surface area contributed by atoms with Crippen LogP contribution in [0.25, 0.3) is 0 Å². The van der Waals surface area contributed by atoms with Crippen LogP contribution in [-0.2, 0) is 0 Å². The predicted molar refractivity (Wildman–Crippen MR) is 93.1 cm³/mol. The highest BCUT2D eigenvalue weighted by Crippen LogP contribution is 2.46. The summed E-state index contributed by atoms with van der Waals surface area (Å²) in [5, 5.41) is 3.78. The minimum atomic E-state index is 0.378. The van der Waals surface area contributed by atoms with Crippen molar-refractivity contribution < 1.29 is 4.74 Å². The van der Waals surface area contributed by atoms with E-state index in [1.54, 1.807) is 7.11 Å². The molecule has 21 heavy (non-hydrogen) atoms. The summed E-state index contributed by atoms with van der Waals surface area (Å²) in [6.45, 7) is 9.99. The van der Waals surface area contributed by atoms with Crippen LogP contribution in [0.15, 0.2) is 10.5 Å². The van der Waals surface area contributed by atoms with Crippen LogP contribution in [0.3, 0.4) is 0 Å². The van der Waals surface area contributed by atoms with E-state index in [1.165, 1.54) is 34.0 Å². The first-order chi connectivity index (χ1) is 10.0. The van der Waals surface area contributed by atoms with Gasteiger partial charge in [0.2, 0.25) is 0 Å². The molecule has 2 atom stereocenters. The number of nitrogens with one attached hydrogen (secondary N) is 1. The fourth-order valence-electron chi connectivity index (χ4n) is 3.27. The van der Waals surface area contributed by atoms with Gasteiger partial charge < -0.3 is 10.1 Å². The van der Waals surface area contributed by atoms with Gasteiger partial charge in [-0.1, -0.05) is 29.8 Å². The number of hydrogen-bond acceptors (Lipinski definition) is 2. The number of rotatable bonds is 7. The van der Waals surface area contributed by atoms with Crippen molar-refractivity contribution in [3.8, 4) is 5.75 Å². The molecule has 0 aromatic heterocycles. The number of benzene rings is 1. The molecular weight excluding hydrogens is 326 g/mol. The van der Waals surface area contributed by atoms with E-state index in [9.17, 15) is 0 Å². The topological polar surface area (TPSA) is 21.3 Å². The molecule has 0 radical (unpaired) electrons. The second-order valence-electron chi connectivity index (χ2n) is 6.38. The molecule has 0 aliphatic heterocycles. The van der Waals surface area contributed by atoms with Gasteiger partial charge in [0, 0.05) is 16.1 Å². The minimum Gasteiger partial charge on any atom is -0.496 e. The summed E-state index contributed by atoms with van der Waals surface area (Å²) >= 11 is 3.72. The quantitative estimate of drug-likeness (QED) is 0.730. The van der Waals surface area contributed by atoms with Gasteiger partial charge in [-0.2, -0.15) is 0 Å². The van der Waals surface area contributed by atoms with Gasteiger partial charge in [0.1, 0.15) is 5.75 Å². The zero-order chi connectivity index (χ0) is 15.6. The molecule has 1 aromatic rings. The highest BCUT2D eigenvalue weighted by molar-refractivity contribution is 9.10.